The Morgan fingerprint density at radius 3 is 2.37 bits per heavy atom. The number of carbonyl (C=O) groups is 3. The number of thiophene rings is 1. The molecule has 0 radical (unpaired) electrons. The molecule has 0 spiro atoms. The number of aliphatic carboxylic acids is 1. The number of carboxylic acids is 1. The van der Waals surface area contributed by atoms with E-state index in [9.17, 15) is 19.5 Å². The Labute approximate surface area is 231 Å². The molecule has 0 bridgehead atoms. The minimum Gasteiger partial charge on any atom is -0.492 e. The summed E-state index contributed by atoms with van der Waals surface area (Å²) in [5.74, 6) is -0.970. The van der Waals surface area contributed by atoms with Crippen molar-refractivity contribution in [3.8, 4) is 5.75 Å². The standard InChI is InChI=1S/C29H31ClN2O5S/c1-5-31(21-10-8-20(30)9-11-21)26(34)24-16-18(2)32(27-23(24)14-15-38-27)25(33)19-6-12-22(13-7-19)37-17-29(3,4)28(35)36/h6-15,18,24H,5,16-17H2,1-4H3,(H,35,36)/t18-,24-/m0/s1. The van der Waals surface area contributed by atoms with Gasteiger partial charge in [0.25, 0.3) is 5.91 Å². The van der Waals surface area contributed by atoms with E-state index in [4.69, 9.17) is 16.3 Å². The number of carboxylic acid groups (broad SMARTS) is 1. The number of anilines is 2. The van der Waals surface area contributed by atoms with Crippen molar-refractivity contribution in [1.29, 1.82) is 0 Å². The van der Waals surface area contributed by atoms with Crippen LogP contribution < -0.4 is 14.5 Å². The molecule has 7 nitrogen and oxygen atoms in total. The second-order valence-corrected chi connectivity index (χ2v) is 11.4. The Bertz CT molecular complexity index is 1320. The molecule has 0 fully saturated rings. The maximum absolute atomic E-state index is 13.7. The van der Waals surface area contributed by atoms with Crippen molar-refractivity contribution in [2.75, 3.05) is 23.0 Å². The van der Waals surface area contributed by atoms with Crippen LogP contribution in [0.2, 0.25) is 5.02 Å². The van der Waals surface area contributed by atoms with E-state index in [2.05, 4.69) is 0 Å². The molecule has 38 heavy (non-hydrogen) atoms. The lowest BCUT2D eigenvalue weighted by atomic mass is 9.87. The zero-order valence-electron chi connectivity index (χ0n) is 21.8. The van der Waals surface area contributed by atoms with Crippen LogP contribution in [0.1, 0.15) is 56.0 Å². The summed E-state index contributed by atoms with van der Waals surface area (Å²) in [6.07, 6.45) is 0.504. The summed E-state index contributed by atoms with van der Waals surface area (Å²) in [4.78, 5) is 42.2. The van der Waals surface area contributed by atoms with Gasteiger partial charge in [-0.3, -0.25) is 19.3 Å². The highest BCUT2D eigenvalue weighted by molar-refractivity contribution is 7.14. The highest BCUT2D eigenvalue weighted by Crippen LogP contribution is 2.44. The average Bonchev–Trinajstić information content (AvgIpc) is 3.38. The van der Waals surface area contributed by atoms with Crippen LogP contribution in [-0.2, 0) is 9.59 Å². The van der Waals surface area contributed by atoms with E-state index >= 15 is 0 Å². The number of hydrogen-bond donors (Lipinski definition) is 1. The monoisotopic (exact) mass is 554 g/mol. The molecule has 0 aliphatic carbocycles. The number of nitrogens with zero attached hydrogens (tertiary/aromatic N) is 2. The summed E-state index contributed by atoms with van der Waals surface area (Å²) in [5.41, 5.74) is 1.11. The number of rotatable bonds is 8. The maximum Gasteiger partial charge on any atom is 0.312 e. The predicted octanol–water partition coefficient (Wildman–Crippen LogP) is 6.47. The van der Waals surface area contributed by atoms with E-state index in [-0.39, 0.29) is 30.4 Å². The van der Waals surface area contributed by atoms with Gasteiger partial charge in [-0.05, 0) is 99.7 Å². The van der Waals surface area contributed by atoms with Crippen LogP contribution in [0.15, 0.2) is 60.0 Å². The van der Waals surface area contributed by atoms with Gasteiger partial charge in [-0.25, -0.2) is 0 Å². The van der Waals surface area contributed by atoms with E-state index in [1.54, 1.807) is 60.0 Å². The largest absolute Gasteiger partial charge is 0.492 e. The van der Waals surface area contributed by atoms with Crippen molar-refractivity contribution >= 4 is 51.4 Å². The van der Waals surface area contributed by atoms with Gasteiger partial charge in [0.15, 0.2) is 0 Å². The Hall–Kier alpha value is -3.36. The number of fused-ring (bicyclic) bond motifs is 1. The second-order valence-electron chi connectivity index (χ2n) is 10.1. The molecule has 2 heterocycles. The summed E-state index contributed by atoms with van der Waals surface area (Å²) >= 11 is 7.49. The van der Waals surface area contributed by atoms with Gasteiger partial charge in [-0.1, -0.05) is 11.6 Å². The molecular weight excluding hydrogens is 524 g/mol. The number of benzene rings is 2. The summed E-state index contributed by atoms with van der Waals surface area (Å²) in [6.45, 7) is 7.63. The minimum atomic E-state index is -1.03. The van der Waals surface area contributed by atoms with Crippen LogP contribution in [0.4, 0.5) is 10.7 Å². The fourth-order valence-corrected chi connectivity index (χ4v) is 5.70. The van der Waals surface area contributed by atoms with Gasteiger partial charge in [-0.2, -0.15) is 0 Å². The Balaban J connectivity index is 1.53. The van der Waals surface area contributed by atoms with E-state index < -0.39 is 11.4 Å². The molecule has 0 saturated carbocycles. The molecule has 1 aromatic heterocycles. The van der Waals surface area contributed by atoms with Crippen LogP contribution >= 0.6 is 22.9 Å². The van der Waals surface area contributed by atoms with Crippen molar-refractivity contribution < 1.29 is 24.2 Å². The molecule has 0 unspecified atom stereocenters. The smallest absolute Gasteiger partial charge is 0.312 e. The first-order valence-electron chi connectivity index (χ1n) is 12.5. The van der Waals surface area contributed by atoms with Gasteiger partial charge >= 0.3 is 5.97 Å². The molecule has 1 aliphatic heterocycles. The number of ether oxygens (including phenoxy) is 1. The van der Waals surface area contributed by atoms with Gasteiger partial charge in [0.05, 0.1) is 11.3 Å². The molecule has 1 N–H and O–H groups in total. The predicted molar refractivity (Wildman–Crippen MR) is 151 cm³/mol. The van der Waals surface area contributed by atoms with E-state index in [0.29, 0.717) is 29.3 Å². The first-order valence-corrected chi connectivity index (χ1v) is 13.7. The van der Waals surface area contributed by atoms with Gasteiger partial charge in [-0.15, -0.1) is 11.3 Å². The molecule has 9 heteroatoms. The van der Waals surface area contributed by atoms with Crippen molar-refractivity contribution in [3.05, 3.63) is 76.1 Å². The van der Waals surface area contributed by atoms with Gasteiger partial charge in [0.2, 0.25) is 5.91 Å². The Morgan fingerprint density at radius 1 is 1.11 bits per heavy atom. The summed E-state index contributed by atoms with van der Waals surface area (Å²) in [5, 5.41) is 12.6. The lowest BCUT2D eigenvalue weighted by Crippen LogP contribution is -2.46. The molecule has 200 valence electrons. The van der Waals surface area contributed by atoms with Gasteiger partial charge < -0.3 is 14.7 Å². The van der Waals surface area contributed by atoms with Crippen molar-refractivity contribution in [2.45, 2.75) is 46.1 Å². The van der Waals surface area contributed by atoms with Crippen molar-refractivity contribution in [1.82, 2.24) is 0 Å². The first-order chi connectivity index (χ1) is 18.0. The molecule has 4 rings (SSSR count). The van der Waals surface area contributed by atoms with Gasteiger partial charge in [0.1, 0.15) is 17.4 Å². The summed E-state index contributed by atoms with van der Waals surface area (Å²) < 4.78 is 5.64. The lowest BCUT2D eigenvalue weighted by Gasteiger charge is -2.38. The van der Waals surface area contributed by atoms with E-state index in [1.807, 2.05) is 37.4 Å². The number of halogens is 1. The lowest BCUT2D eigenvalue weighted by molar-refractivity contribution is -0.148. The van der Waals surface area contributed by atoms with Crippen LogP contribution in [0.25, 0.3) is 0 Å². The quantitative estimate of drug-likeness (QED) is 0.345. The zero-order valence-corrected chi connectivity index (χ0v) is 23.4. The van der Waals surface area contributed by atoms with Crippen LogP contribution in [0, 0.1) is 5.41 Å². The van der Waals surface area contributed by atoms with Crippen LogP contribution in [0.3, 0.4) is 0 Å². The normalized spacial score (nSPS) is 17.0. The van der Waals surface area contributed by atoms with Gasteiger partial charge in [0, 0.05) is 28.9 Å². The highest BCUT2D eigenvalue weighted by Gasteiger charge is 2.40. The fourth-order valence-electron chi connectivity index (χ4n) is 4.51. The number of hydrogen-bond acceptors (Lipinski definition) is 5. The third kappa shape index (κ3) is 5.56. The molecule has 2 aromatic carbocycles. The number of likely N-dealkylation sites (N-methyl/N-ethyl adjacent to an activating group) is 1. The molecule has 2 amide bonds. The van der Waals surface area contributed by atoms with Crippen LogP contribution in [-0.4, -0.2) is 42.1 Å². The fraction of sp³-hybridized carbons (Fsp3) is 0.345. The second kappa shape index (κ2) is 11.2. The Morgan fingerprint density at radius 2 is 1.76 bits per heavy atom. The summed E-state index contributed by atoms with van der Waals surface area (Å²) in [6, 6.07) is 15.7. The van der Waals surface area contributed by atoms with Crippen molar-refractivity contribution in [2.24, 2.45) is 5.41 Å². The highest BCUT2D eigenvalue weighted by atomic mass is 35.5. The third-order valence-electron chi connectivity index (χ3n) is 6.80. The Kier molecular flexibility index (Phi) is 8.13. The SMILES string of the molecule is CCN(C(=O)[C@H]1C[C@H](C)N(C(=O)c2ccc(OCC(C)(C)C(=O)O)cc2)c2sccc21)c1ccc(Cl)cc1. The molecule has 1 aliphatic rings. The first kappa shape index (κ1) is 27.7. The van der Waals surface area contributed by atoms with Crippen molar-refractivity contribution in [3.63, 3.8) is 0 Å². The summed E-state index contributed by atoms with van der Waals surface area (Å²) in [7, 11) is 0. The molecular formula is C29H31ClN2O5S. The van der Waals surface area contributed by atoms with E-state index in [1.165, 1.54) is 11.3 Å². The van der Waals surface area contributed by atoms with E-state index in [0.717, 1.165) is 16.3 Å². The molecule has 2 atom stereocenters. The number of amides is 2. The third-order valence-corrected chi connectivity index (χ3v) is 7.98. The number of carbonyl (C=O) groups excluding carboxylic acids is 2. The molecule has 3 aromatic rings. The molecule has 0 saturated heterocycles. The minimum absolute atomic E-state index is 0.000733. The maximum atomic E-state index is 13.7. The van der Waals surface area contributed by atoms with Crippen LogP contribution in [0.5, 0.6) is 5.75 Å². The topological polar surface area (TPSA) is 87.2 Å². The zero-order chi connectivity index (χ0) is 27.6. The average molecular weight is 555 g/mol.